The van der Waals surface area contributed by atoms with Crippen LogP contribution in [0.4, 0.5) is 4.39 Å². The summed E-state index contributed by atoms with van der Waals surface area (Å²) in [4.78, 5) is 14.7. The quantitative estimate of drug-likeness (QED) is 0.908. The summed E-state index contributed by atoms with van der Waals surface area (Å²) in [6.45, 7) is 5.17. The second kappa shape index (κ2) is 7.97. The van der Waals surface area contributed by atoms with Gasteiger partial charge in [0.15, 0.2) is 0 Å². The van der Waals surface area contributed by atoms with Gasteiger partial charge < -0.3 is 10.6 Å². The van der Waals surface area contributed by atoms with Gasteiger partial charge in [0.05, 0.1) is 17.5 Å². The van der Waals surface area contributed by atoms with Gasteiger partial charge in [0.2, 0.25) is 0 Å². The first kappa shape index (κ1) is 19.4. The fourth-order valence-electron chi connectivity index (χ4n) is 3.28. The van der Waals surface area contributed by atoms with Crippen molar-refractivity contribution in [3.63, 3.8) is 0 Å². The first-order valence-corrected chi connectivity index (χ1v) is 8.33. The Labute approximate surface area is 153 Å². The smallest absolute Gasteiger partial charge is 0.257 e. The van der Waals surface area contributed by atoms with Crippen molar-refractivity contribution in [1.29, 1.82) is 0 Å². The molecule has 0 aliphatic carbocycles. The maximum Gasteiger partial charge on any atom is 0.257 e. The van der Waals surface area contributed by atoms with Crippen molar-refractivity contribution in [2.24, 2.45) is 11.7 Å². The number of aromatic nitrogens is 2. The molecule has 1 aromatic carbocycles. The molecule has 7 heteroatoms. The number of rotatable bonds is 3. The molecule has 2 atom stereocenters. The van der Waals surface area contributed by atoms with Gasteiger partial charge in [-0.05, 0) is 44.7 Å². The molecular formula is C18H24ClFN4O. The molecule has 0 radical (unpaired) electrons. The minimum Gasteiger partial charge on any atom is -0.338 e. The van der Waals surface area contributed by atoms with Crippen LogP contribution in [0, 0.1) is 18.7 Å². The molecular weight excluding hydrogens is 343 g/mol. The molecule has 2 heterocycles. The Morgan fingerprint density at radius 1 is 1.40 bits per heavy atom. The normalized spacial score (nSPS) is 18.6. The van der Waals surface area contributed by atoms with E-state index >= 15 is 0 Å². The van der Waals surface area contributed by atoms with Gasteiger partial charge in [-0.25, -0.2) is 9.07 Å². The first-order valence-electron chi connectivity index (χ1n) is 8.33. The monoisotopic (exact) mass is 366 g/mol. The molecule has 2 N–H and O–H groups in total. The summed E-state index contributed by atoms with van der Waals surface area (Å²) in [6.07, 6.45) is 3.53. The van der Waals surface area contributed by atoms with Crippen molar-refractivity contribution in [2.45, 2.75) is 32.7 Å². The Morgan fingerprint density at radius 2 is 2.12 bits per heavy atom. The topological polar surface area (TPSA) is 64.2 Å². The van der Waals surface area contributed by atoms with Crippen molar-refractivity contribution in [1.82, 2.24) is 14.7 Å². The van der Waals surface area contributed by atoms with Crippen LogP contribution >= 0.6 is 12.4 Å². The molecule has 1 aromatic heterocycles. The molecule has 3 rings (SSSR count). The highest BCUT2D eigenvalue weighted by Crippen LogP contribution is 2.23. The molecule has 5 nitrogen and oxygen atoms in total. The highest BCUT2D eigenvalue weighted by molar-refractivity contribution is 5.95. The molecule has 0 bridgehead atoms. The van der Waals surface area contributed by atoms with Crippen molar-refractivity contribution < 1.29 is 9.18 Å². The lowest BCUT2D eigenvalue weighted by molar-refractivity contribution is 0.0660. The Hall–Kier alpha value is -1.92. The van der Waals surface area contributed by atoms with Gasteiger partial charge >= 0.3 is 0 Å². The van der Waals surface area contributed by atoms with Crippen molar-refractivity contribution >= 4 is 18.3 Å². The van der Waals surface area contributed by atoms with Gasteiger partial charge in [-0.15, -0.1) is 12.4 Å². The molecule has 1 fully saturated rings. The number of carbonyl (C=O) groups excluding carboxylic acids is 1. The summed E-state index contributed by atoms with van der Waals surface area (Å²) in [5, 5.41) is 4.22. The van der Waals surface area contributed by atoms with E-state index in [1.54, 1.807) is 25.1 Å². The van der Waals surface area contributed by atoms with E-state index in [-0.39, 0.29) is 30.2 Å². The molecule has 2 aromatic rings. The molecule has 1 amide bonds. The molecule has 1 saturated heterocycles. The number of benzene rings is 1. The van der Waals surface area contributed by atoms with E-state index in [1.807, 2.05) is 11.8 Å². The predicted octanol–water partition coefficient (Wildman–Crippen LogP) is 2.94. The van der Waals surface area contributed by atoms with Crippen LogP contribution in [-0.4, -0.2) is 39.7 Å². The van der Waals surface area contributed by atoms with Gasteiger partial charge in [0.25, 0.3) is 5.91 Å². The summed E-state index contributed by atoms with van der Waals surface area (Å²) in [7, 11) is 0. The van der Waals surface area contributed by atoms with E-state index in [1.165, 1.54) is 16.9 Å². The third kappa shape index (κ3) is 3.85. The van der Waals surface area contributed by atoms with Crippen LogP contribution in [0.5, 0.6) is 0 Å². The lowest BCUT2D eigenvalue weighted by Gasteiger charge is -2.34. The van der Waals surface area contributed by atoms with E-state index in [4.69, 9.17) is 5.73 Å². The number of carbonyl (C=O) groups is 1. The maximum atomic E-state index is 14.0. The third-order valence-electron chi connectivity index (χ3n) is 4.81. The number of piperidine rings is 1. The number of hydrogen-bond acceptors (Lipinski definition) is 3. The molecule has 136 valence electrons. The summed E-state index contributed by atoms with van der Waals surface area (Å²) in [5.74, 6) is -0.0947. The van der Waals surface area contributed by atoms with E-state index in [0.29, 0.717) is 29.4 Å². The summed E-state index contributed by atoms with van der Waals surface area (Å²) >= 11 is 0. The third-order valence-corrected chi connectivity index (χ3v) is 4.81. The largest absolute Gasteiger partial charge is 0.338 e. The fraction of sp³-hybridized carbons (Fsp3) is 0.444. The summed E-state index contributed by atoms with van der Waals surface area (Å²) in [5.41, 5.74) is 7.51. The molecule has 1 aliphatic heterocycles. The van der Waals surface area contributed by atoms with Crippen LogP contribution in [0.1, 0.15) is 35.8 Å². The number of halogens is 2. The Morgan fingerprint density at radius 3 is 2.80 bits per heavy atom. The molecule has 0 saturated carbocycles. The van der Waals surface area contributed by atoms with Gasteiger partial charge in [-0.3, -0.25) is 4.79 Å². The maximum absolute atomic E-state index is 14.0. The van der Waals surface area contributed by atoms with Gasteiger partial charge in [-0.2, -0.15) is 5.10 Å². The van der Waals surface area contributed by atoms with Gasteiger partial charge in [0, 0.05) is 19.1 Å². The summed E-state index contributed by atoms with van der Waals surface area (Å²) < 4.78 is 15.5. The van der Waals surface area contributed by atoms with Crippen LogP contribution in [0.25, 0.3) is 5.69 Å². The number of hydrogen-bond donors (Lipinski definition) is 1. The van der Waals surface area contributed by atoms with Crippen LogP contribution in [-0.2, 0) is 0 Å². The van der Waals surface area contributed by atoms with E-state index in [0.717, 1.165) is 19.4 Å². The SMILES string of the molecule is Cc1c(C(=O)N2CCCC(C(C)N)C2)cnn1-c1ccccc1F.Cl. The number of para-hydroxylation sites is 1. The molecule has 1 aliphatic rings. The standard InChI is InChI=1S/C18H23FN4O.ClH/c1-12(20)14-6-5-9-22(11-14)18(24)15-10-21-23(13(15)2)17-8-4-3-7-16(17)19;/h3-4,7-8,10,12,14H,5-6,9,11,20H2,1-2H3;1H. The first-order chi connectivity index (χ1) is 11.5. The summed E-state index contributed by atoms with van der Waals surface area (Å²) in [6, 6.07) is 6.49. The van der Waals surface area contributed by atoms with Crippen LogP contribution < -0.4 is 5.73 Å². The van der Waals surface area contributed by atoms with E-state index in [9.17, 15) is 9.18 Å². The Bertz CT molecular complexity index is 746. The van der Waals surface area contributed by atoms with Crippen LogP contribution in [0.15, 0.2) is 30.5 Å². The minimum atomic E-state index is -0.363. The van der Waals surface area contributed by atoms with Crippen molar-refractivity contribution in [2.75, 3.05) is 13.1 Å². The number of nitrogens with two attached hydrogens (primary N) is 1. The zero-order valence-electron chi connectivity index (χ0n) is 14.5. The fourth-order valence-corrected chi connectivity index (χ4v) is 3.28. The molecule has 2 unspecified atom stereocenters. The van der Waals surface area contributed by atoms with Gasteiger partial charge in [0.1, 0.15) is 11.5 Å². The lowest BCUT2D eigenvalue weighted by Crippen LogP contribution is -2.45. The molecule has 0 spiro atoms. The Balaban J connectivity index is 0.00000225. The average molecular weight is 367 g/mol. The number of amides is 1. The Kier molecular flexibility index (Phi) is 6.19. The average Bonchev–Trinajstić information content (AvgIpc) is 2.96. The van der Waals surface area contributed by atoms with Crippen molar-refractivity contribution in [3.05, 3.63) is 47.5 Å². The van der Waals surface area contributed by atoms with Crippen molar-refractivity contribution in [3.8, 4) is 5.69 Å². The molecule has 25 heavy (non-hydrogen) atoms. The zero-order chi connectivity index (χ0) is 17.3. The lowest BCUT2D eigenvalue weighted by atomic mass is 9.92. The van der Waals surface area contributed by atoms with E-state index in [2.05, 4.69) is 5.10 Å². The number of nitrogens with zero attached hydrogens (tertiary/aromatic N) is 3. The highest BCUT2D eigenvalue weighted by Gasteiger charge is 2.28. The predicted molar refractivity (Wildman–Crippen MR) is 97.8 cm³/mol. The minimum absolute atomic E-state index is 0. The number of likely N-dealkylation sites (tertiary alicyclic amines) is 1. The highest BCUT2D eigenvalue weighted by atomic mass is 35.5. The van der Waals surface area contributed by atoms with Crippen LogP contribution in [0.2, 0.25) is 0 Å². The van der Waals surface area contributed by atoms with Gasteiger partial charge in [-0.1, -0.05) is 12.1 Å². The second-order valence-electron chi connectivity index (χ2n) is 6.52. The van der Waals surface area contributed by atoms with E-state index < -0.39 is 0 Å². The zero-order valence-corrected chi connectivity index (χ0v) is 15.3. The van der Waals surface area contributed by atoms with Crippen LogP contribution in [0.3, 0.4) is 0 Å². The second-order valence-corrected chi connectivity index (χ2v) is 6.52.